The number of ether oxygens (including phenoxy) is 3. The highest BCUT2D eigenvalue weighted by Crippen LogP contribution is 2.49. The minimum absolute atomic E-state index is 0.100. The Balaban J connectivity index is 1.68. The molecule has 1 saturated heterocycles. The molecule has 0 bridgehead atoms. The number of carbonyl (C=O) groups is 2. The highest BCUT2D eigenvalue weighted by atomic mass is 16.7. The maximum absolute atomic E-state index is 12.3. The average molecular weight is 335 g/mol. The van der Waals surface area contributed by atoms with Gasteiger partial charge in [-0.15, -0.1) is 0 Å². The zero-order valence-electron chi connectivity index (χ0n) is 13.3. The summed E-state index contributed by atoms with van der Waals surface area (Å²) in [5.74, 6) is -0.974. The molecule has 2 aliphatic rings. The van der Waals surface area contributed by atoms with Crippen molar-refractivity contribution in [3.05, 3.63) is 39.9 Å². The highest BCUT2D eigenvalue weighted by Gasteiger charge is 2.63. The van der Waals surface area contributed by atoms with Crippen molar-refractivity contribution in [1.82, 2.24) is 0 Å². The molecule has 8 heteroatoms. The molecule has 1 aliphatic carbocycles. The minimum atomic E-state index is -0.589. The van der Waals surface area contributed by atoms with Crippen LogP contribution in [0.2, 0.25) is 0 Å². The second kappa shape index (κ2) is 5.86. The first-order valence-corrected chi connectivity index (χ1v) is 7.60. The van der Waals surface area contributed by atoms with Crippen LogP contribution in [0.3, 0.4) is 0 Å². The lowest BCUT2D eigenvalue weighted by atomic mass is 9.85. The fraction of sp³-hybridized carbons (Fsp3) is 0.500. The third-order valence-electron chi connectivity index (χ3n) is 4.47. The van der Waals surface area contributed by atoms with Crippen LogP contribution in [0.1, 0.15) is 37.0 Å². The Labute approximate surface area is 137 Å². The number of esters is 2. The summed E-state index contributed by atoms with van der Waals surface area (Å²) < 4.78 is 16.3. The molecule has 0 N–H and O–H groups in total. The topological polar surface area (TPSA) is 108 Å². The van der Waals surface area contributed by atoms with Crippen molar-refractivity contribution in [1.29, 1.82) is 0 Å². The molecular formula is C16H17NO7. The van der Waals surface area contributed by atoms with E-state index in [-0.39, 0.29) is 29.4 Å². The van der Waals surface area contributed by atoms with Crippen molar-refractivity contribution < 1.29 is 28.7 Å². The summed E-state index contributed by atoms with van der Waals surface area (Å²) in [5.41, 5.74) is -0.444. The van der Waals surface area contributed by atoms with Gasteiger partial charge >= 0.3 is 11.9 Å². The summed E-state index contributed by atoms with van der Waals surface area (Å²) in [6, 6.07) is 5.19. The van der Waals surface area contributed by atoms with Crippen molar-refractivity contribution in [3.63, 3.8) is 0 Å². The van der Waals surface area contributed by atoms with E-state index >= 15 is 0 Å². The number of nitro benzene ring substituents is 1. The predicted octanol–water partition coefficient (Wildman–Crippen LogP) is 2.00. The molecule has 1 heterocycles. The van der Waals surface area contributed by atoms with Gasteiger partial charge in [-0.05, 0) is 19.1 Å². The number of nitrogens with zero attached hydrogens (tertiary/aromatic N) is 1. The zero-order chi connectivity index (χ0) is 17.5. The normalized spacial score (nSPS) is 30.8. The van der Waals surface area contributed by atoms with Crippen molar-refractivity contribution in [2.75, 3.05) is 0 Å². The number of epoxide rings is 1. The molecule has 0 aromatic heterocycles. The van der Waals surface area contributed by atoms with E-state index in [4.69, 9.17) is 14.2 Å². The Kier molecular flexibility index (Phi) is 4.00. The summed E-state index contributed by atoms with van der Waals surface area (Å²) >= 11 is 0. The largest absolute Gasteiger partial charge is 0.462 e. The van der Waals surface area contributed by atoms with Crippen LogP contribution < -0.4 is 0 Å². The van der Waals surface area contributed by atoms with Crippen molar-refractivity contribution in [2.24, 2.45) is 0 Å². The number of hydrogen-bond acceptors (Lipinski definition) is 7. The molecule has 3 rings (SSSR count). The molecule has 2 fully saturated rings. The summed E-state index contributed by atoms with van der Waals surface area (Å²) in [5, 5.41) is 10.6. The third kappa shape index (κ3) is 3.09. The zero-order valence-corrected chi connectivity index (χ0v) is 13.3. The van der Waals surface area contributed by atoms with Crippen LogP contribution in [0.15, 0.2) is 24.3 Å². The number of fused-ring (bicyclic) bond motifs is 1. The highest BCUT2D eigenvalue weighted by molar-refractivity contribution is 5.89. The van der Waals surface area contributed by atoms with Gasteiger partial charge < -0.3 is 14.2 Å². The Morgan fingerprint density at radius 2 is 1.92 bits per heavy atom. The first-order chi connectivity index (χ1) is 11.3. The fourth-order valence-corrected chi connectivity index (χ4v) is 3.06. The summed E-state index contributed by atoms with van der Waals surface area (Å²) in [4.78, 5) is 33.5. The van der Waals surface area contributed by atoms with Crippen LogP contribution in [0.5, 0.6) is 0 Å². The van der Waals surface area contributed by atoms with Crippen LogP contribution in [-0.2, 0) is 19.0 Å². The van der Waals surface area contributed by atoms with E-state index in [1.165, 1.54) is 31.2 Å². The number of rotatable bonds is 4. The van der Waals surface area contributed by atoms with E-state index in [0.717, 1.165) is 0 Å². The first kappa shape index (κ1) is 16.4. The van der Waals surface area contributed by atoms with Gasteiger partial charge in [0.05, 0.1) is 16.6 Å². The molecule has 4 atom stereocenters. The second-order valence-corrected chi connectivity index (χ2v) is 6.19. The smallest absolute Gasteiger partial charge is 0.338 e. The van der Waals surface area contributed by atoms with Crippen molar-refractivity contribution in [3.8, 4) is 0 Å². The van der Waals surface area contributed by atoms with Crippen LogP contribution in [-0.4, -0.2) is 40.8 Å². The van der Waals surface area contributed by atoms with Crippen LogP contribution in [0, 0.1) is 10.1 Å². The quantitative estimate of drug-likeness (QED) is 0.358. The van der Waals surface area contributed by atoms with Gasteiger partial charge in [0.1, 0.15) is 17.8 Å². The molecule has 1 aliphatic heterocycles. The molecule has 1 aromatic carbocycles. The summed E-state index contributed by atoms with van der Waals surface area (Å²) in [6.07, 6.45) is -0.0428. The van der Waals surface area contributed by atoms with Gasteiger partial charge in [-0.2, -0.15) is 0 Å². The number of non-ortho nitro benzene ring substituents is 1. The van der Waals surface area contributed by atoms with E-state index in [1.54, 1.807) is 0 Å². The molecule has 8 nitrogen and oxygen atoms in total. The van der Waals surface area contributed by atoms with Crippen molar-refractivity contribution >= 4 is 17.6 Å². The monoisotopic (exact) mass is 335 g/mol. The number of carbonyl (C=O) groups excluding carboxylic acids is 2. The lowest BCUT2D eigenvalue weighted by Gasteiger charge is -2.30. The SMILES string of the molecule is CC(=O)O[C@@H]1C[C@@H](OC(=O)c2ccc([N+](=O)[O-])cc2)[C@]2(C)O[C@@H]2C1. The van der Waals surface area contributed by atoms with E-state index in [0.29, 0.717) is 12.8 Å². The number of nitro groups is 1. The van der Waals surface area contributed by atoms with Gasteiger partial charge in [0.25, 0.3) is 5.69 Å². The Bertz CT molecular complexity index is 686. The fourth-order valence-electron chi connectivity index (χ4n) is 3.06. The predicted molar refractivity (Wildman–Crippen MR) is 80.4 cm³/mol. The van der Waals surface area contributed by atoms with Gasteiger partial charge in [0.2, 0.25) is 0 Å². The van der Waals surface area contributed by atoms with E-state index in [9.17, 15) is 19.7 Å². The molecule has 0 radical (unpaired) electrons. The van der Waals surface area contributed by atoms with Crippen LogP contribution in [0.25, 0.3) is 0 Å². The van der Waals surface area contributed by atoms with Gasteiger partial charge in [0, 0.05) is 31.9 Å². The van der Waals surface area contributed by atoms with Crippen molar-refractivity contribution in [2.45, 2.75) is 50.6 Å². The first-order valence-electron chi connectivity index (χ1n) is 7.60. The lowest BCUT2D eigenvalue weighted by molar-refractivity contribution is -0.384. The molecule has 24 heavy (non-hydrogen) atoms. The molecule has 0 amide bonds. The Hall–Kier alpha value is -2.48. The van der Waals surface area contributed by atoms with Gasteiger partial charge in [-0.3, -0.25) is 14.9 Å². The third-order valence-corrected chi connectivity index (χ3v) is 4.47. The standard InChI is InChI=1S/C16H17NO7/c1-9(18)22-12-7-13(16(2)14(8-12)24-16)23-15(19)10-3-5-11(6-4-10)17(20)21/h3-6,12-14H,7-8H2,1-2H3/t12-,13-,14-,16+/m1/s1. The lowest BCUT2D eigenvalue weighted by Crippen LogP contribution is -2.42. The van der Waals surface area contributed by atoms with E-state index < -0.39 is 22.6 Å². The maximum Gasteiger partial charge on any atom is 0.338 e. The Morgan fingerprint density at radius 3 is 2.50 bits per heavy atom. The number of hydrogen-bond donors (Lipinski definition) is 0. The van der Waals surface area contributed by atoms with Gasteiger partial charge in [0.15, 0.2) is 0 Å². The van der Waals surface area contributed by atoms with E-state index in [1.807, 2.05) is 6.92 Å². The molecule has 1 saturated carbocycles. The van der Waals surface area contributed by atoms with E-state index in [2.05, 4.69) is 0 Å². The molecular weight excluding hydrogens is 318 g/mol. The van der Waals surface area contributed by atoms with Crippen LogP contribution in [0.4, 0.5) is 5.69 Å². The molecule has 0 spiro atoms. The van der Waals surface area contributed by atoms with Gasteiger partial charge in [-0.1, -0.05) is 0 Å². The maximum atomic E-state index is 12.3. The van der Waals surface area contributed by atoms with Crippen LogP contribution >= 0.6 is 0 Å². The molecule has 1 aromatic rings. The number of benzene rings is 1. The molecule has 0 unspecified atom stereocenters. The summed E-state index contributed by atoms with van der Waals surface area (Å²) in [6.45, 7) is 3.19. The Morgan fingerprint density at radius 1 is 1.25 bits per heavy atom. The molecule has 128 valence electrons. The second-order valence-electron chi connectivity index (χ2n) is 6.19. The summed E-state index contributed by atoms with van der Waals surface area (Å²) in [7, 11) is 0. The minimum Gasteiger partial charge on any atom is -0.462 e. The van der Waals surface area contributed by atoms with Gasteiger partial charge in [-0.25, -0.2) is 4.79 Å². The average Bonchev–Trinajstić information content (AvgIpc) is 3.18.